The fraction of sp³-hybridized carbons (Fsp3) is 0.208. The summed E-state index contributed by atoms with van der Waals surface area (Å²) in [6.45, 7) is 1.59. The number of carbonyl (C=O) groups is 1. The molecule has 1 amide bonds. The normalized spacial score (nSPS) is 10.4. The topological polar surface area (TPSA) is 50.4 Å². The number of rotatable bonds is 10. The smallest absolute Gasteiger partial charge is 0.225 e. The summed E-state index contributed by atoms with van der Waals surface area (Å²) in [5.41, 5.74) is 2.12. The van der Waals surface area contributed by atoms with Crippen LogP contribution in [0.2, 0.25) is 0 Å². The zero-order valence-corrected chi connectivity index (χ0v) is 15.9. The molecule has 0 saturated heterocycles. The summed E-state index contributed by atoms with van der Waals surface area (Å²) < 4.78 is 5.75. The van der Waals surface area contributed by atoms with Gasteiger partial charge >= 0.3 is 0 Å². The van der Waals surface area contributed by atoms with Gasteiger partial charge in [-0.3, -0.25) is 4.79 Å². The van der Waals surface area contributed by atoms with Gasteiger partial charge in [-0.2, -0.15) is 0 Å². The third-order valence-electron chi connectivity index (χ3n) is 4.31. The first-order chi connectivity index (χ1) is 13.8. The summed E-state index contributed by atoms with van der Waals surface area (Å²) in [7, 11) is 0. The first-order valence-corrected chi connectivity index (χ1v) is 9.67. The number of anilines is 1. The predicted molar refractivity (Wildman–Crippen MR) is 114 cm³/mol. The predicted octanol–water partition coefficient (Wildman–Crippen LogP) is 5.03. The molecular formula is C24H26N2O2. The molecule has 0 unspecified atom stereocenters. The second-order valence-electron chi connectivity index (χ2n) is 6.58. The SMILES string of the molecule is O=C(CCNCCCc1ccccc1)Nc1ccc(Oc2ccccc2)cc1. The average molecular weight is 374 g/mol. The second-order valence-corrected chi connectivity index (χ2v) is 6.58. The van der Waals surface area contributed by atoms with Crippen LogP contribution in [0.1, 0.15) is 18.4 Å². The lowest BCUT2D eigenvalue weighted by Crippen LogP contribution is -2.22. The van der Waals surface area contributed by atoms with E-state index in [9.17, 15) is 4.79 Å². The molecule has 3 rings (SSSR count). The van der Waals surface area contributed by atoms with E-state index in [0.29, 0.717) is 13.0 Å². The fourth-order valence-corrected chi connectivity index (χ4v) is 2.84. The van der Waals surface area contributed by atoms with Crippen molar-refractivity contribution in [3.05, 3.63) is 90.5 Å². The monoisotopic (exact) mass is 374 g/mol. The number of para-hydroxylation sites is 1. The molecule has 0 aliphatic heterocycles. The average Bonchev–Trinajstić information content (AvgIpc) is 2.73. The zero-order chi connectivity index (χ0) is 19.4. The largest absolute Gasteiger partial charge is 0.457 e. The van der Waals surface area contributed by atoms with Gasteiger partial charge in [0.15, 0.2) is 0 Å². The third kappa shape index (κ3) is 6.89. The van der Waals surface area contributed by atoms with Crippen LogP contribution in [0.4, 0.5) is 5.69 Å². The first kappa shape index (κ1) is 19.6. The molecule has 0 aliphatic carbocycles. The van der Waals surface area contributed by atoms with Crippen molar-refractivity contribution in [2.24, 2.45) is 0 Å². The quantitative estimate of drug-likeness (QED) is 0.489. The van der Waals surface area contributed by atoms with Crippen LogP contribution in [0, 0.1) is 0 Å². The molecule has 4 heteroatoms. The molecule has 0 aliphatic rings. The number of benzene rings is 3. The summed E-state index contributed by atoms with van der Waals surface area (Å²) in [5, 5.41) is 6.24. The number of nitrogens with one attached hydrogen (secondary N) is 2. The molecule has 4 nitrogen and oxygen atoms in total. The van der Waals surface area contributed by atoms with Crippen LogP contribution in [0.15, 0.2) is 84.9 Å². The molecule has 0 radical (unpaired) electrons. The van der Waals surface area contributed by atoms with Crippen LogP contribution < -0.4 is 15.4 Å². The highest BCUT2D eigenvalue weighted by Gasteiger charge is 2.03. The van der Waals surface area contributed by atoms with E-state index in [0.717, 1.165) is 36.6 Å². The minimum Gasteiger partial charge on any atom is -0.457 e. The Labute approximate surface area is 166 Å². The summed E-state index contributed by atoms with van der Waals surface area (Å²) in [4.78, 5) is 12.1. The van der Waals surface area contributed by atoms with E-state index >= 15 is 0 Å². The number of amides is 1. The summed E-state index contributed by atoms with van der Waals surface area (Å²) >= 11 is 0. The van der Waals surface area contributed by atoms with E-state index < -0.39 is 0 Å². The van der Waals surface area contributed by atoms with Crippen LogP contribution in [0.3, 0.4) is 0 Å². The van der Waals surface area contributed by atoms with Crippen LogP contribution >= 0.6 is 0 Å². The van der Waals surface area contributed by atoms with Crippen LogP contribution in [-0.4, -0.2) is 19.0 Å². The molecule has 0 saturated carbocycles. The van der Waals surface area contributed by atoms with E-state index in [-0.39, 0.29) is 5.91 Å². The first-order valence-electron chi connectivity index (χ1n) is 9.67. The second kappa shape index (κ2) is 10.9. The lowest BCUT2D eigenvalue weighted by molar-refractivity contribution is -0.116. The summed E-state index contributed by atoms with van der Waals surface area (Å²) in [6.07, 6.45) is 2.57. The molecule has 0 bridgehead atoms. The Balaban J connectivity index is 1.31. The van der Waals surface area contributed by atoms with Gasteiger partial charge in [0, 0.05) is 18.7 Å². The van der Waals surface area contributed by atoms with Crippen LogP contribution in [0.25, 0.3) is 0 Å². The van der Waals surface area contributed by atoms with Crippen molar-refractivity contribution in [3.8, 4) is 11.5 Å². The molecule has 28 heavy (non-hydrogen) atoms. The van der Waals surface area contributed by atoms with Gasteiger partial charge < -0.3 is 15.4 Å². The van der Waals surface area contributed by atoms with Gasteiger partial charge in [0.25, 0.3) is 0 Å². The van der Waals surface area contributed by atoms with Gasteiger partial charge in [0.05, 0.1) is 0 Å². The molecule has 0 aromatic heterocycles. The fourth-order valence-electron chi connectivity index (χ4n) is 2.84. The number of hydrogen-bond donors (Lipinski definition) is 2. The van der Waals surface area contributed by atoms with Crippen molar-refractivity contribution >= 4 is 11.6 Å². The Bertz CT molecular complexity index is 833. The standard InChI is InChI=1S/C24H26N2O2/c27-24(17-19-25-18-7-10-20-8-3-1-4-9-20)26-21-13-15-23(16-14-21)28-22-11-5-2-6-12-22/h1-6,8-9,11-16,25H,7,10,17-19H2,(H,26,27). The highest BCUT2D eigenvalue weighted by atomic mass is 16.5. The van der Waals surface area contributed by atoms with Gasteiger partial charge in [0.1, 0.15) is 11.5 Å². The molecule has 0 atom stereocenters. The Hall–Kier alpha value is -3.11. The Kier molecular flexibility index (Phi) is 7.65. The highest BCUT2D eigenvalue weighted by Crippen LogP contribution is 2.22. The summed E-state index contributed by atoms with van der Waals surface area (Å²) in [6, 6.07) is 27.5. The van der Waals surface area contributed by atoms with Gasteiger partial charge in [-0.1, -0.05) is 48.5 Å². The molecule has 144 valence electrons. The number of carbonyl (C=O) groups excluding carboxylic acids is 1. The van der Waals surface area contributed by atoms with Gasteiger partial charge in [0.2, 0.25) is 5.91 Å². The Morgan fingerprint density at radius 3 is 2.11 bits per heavy atom. The highest BCUT2D eigenvalue weighted by molar-refractivity contribution is 5.90. The van der Waals surface area contributed by atoms with Crippen molar-refractivity contribution in [3.63, 3.8) is 0 Å². The van der Waals surface area contributed by atoms with E-state index in [4.69, 9.17) is 4.74 Å². The third-order valence-corrected chi connectivity index (χ3v) is 4.31. The maximum absolute atomic E-state index is 12.1. The molecule has 3 aromatic rings. The molecule has 0 spiro atoms. The van der Waals surface area contributed by atoms with E-state index in [1.54, 1.807) is 0 Å². The van der Waals surface area contributed by atoms with Crippen molar-refractivity contribution in [1.82, 2.24) is 5.32 Å². The number of ether oxygens (including phenoxy) is 1. The van der Waals surface area contributed by atoms with Crippen molar-refractivity contribution in [2.75, 3.05) is 18.4 Å². The lowest BCUT2D eigenvalue weighted by Gasteiger charge is -2.09. The lowest BCUT2D eigenvalue weighted by atomic mass is 10.1. The maximum atomic E-state index is 12.1. The Morgan fingerprint density at radius 2 is 1.39 bits per heavy atom. The summed E-state index contributed by atoms with van der Waals surface area (Å²) in [5.74, 6) is 1.54. The Morgan fingerprint density at radius 1 is 0.750 bits per heavy atom. The van der Waals surface area contributed by atoms with E-state index in [1.165, 1.54) is 5.56 Å². The van der Waals surface area contributed by atoms with Crippen LogP contribution in [0.5, 0.6) is 11.5 Å². The molecule has 3 aromatic carbocycles. The molecule has 0 fully saturated rings. The number of aryl methyl sites for hydroxylation is 1. The minimum absolute atomic E-state index is 0.00675. The van der Waals surface area contributed by atoms with Gasteiger partial charge in [-0.25, -0.2) is 0 Å². The molecule has 0 heterocycles. The van der Waals surface area contributed by atoms with Crippen molar-refractivity contribution in [2.45, 2.75) is 19.3 Å². The zero-order valence-electron chi connectivity index (χ0n) is 15.9. The van der Waals surface area contributed by atoms with Crippen LogP contribution in [-0.2, 0) is 11.2 Å². The molecular weight excluding hydrogens is 348 g/mol. The maximum Gasteiger partial charge on any atom is 0.225 e. The number of hydrogen-bond acceptors (Lipinski definition) is 3. The van der Waals surface area contributed by atoms with E-state index in [1.807, 2.05) is 60.7 Å². The van der Waals surface area contributed by atoms with Crippen molar-refractivity contribution < 1.29 is 9.53 Å². The van der Waals surface area contributed by atoms with Gasteiger partial charge in [-0.15, -0.1) is 0 Å². The van der Waals surface area contributed by atoms with Crippen molar-refractivity contribution in [1.29, 1.82) is 0 Å². The molecule has 2 N–H and O–H groups in total. The van der Waals surface area contributed by atoms with E-state index in [2.05, 4.69) is 34.9 Å². The minimum atomic E-state index is 0.00675. The van der Waals surface area contributed by atoms with Gasteiger partial charge in [-0.05, 0) is 61.3 Å².